The summed E-state index contributed by atoms with van der Waals surface area (Å²) in [5.41, 5.74) is 4.16. The number of fused-ring (bicyclic) bond motifs is 1. The average Bonchev–Trinajstić information content (AvgIpc) is 2.89. The molecule has 0 saturated carbocycles. The van der Waals surface area contributed by atoms with Gasteiger partial charge in [0.05, 0.1) is 12.3 Å². The van der Waals surface area contributed by atoms with Crippen molar-refractivity contribution in [2.45, 2.75) is 13.8 Å². The monoisotopic (exact) mass is 313 g/mol. The van der Waals surface area contributed by atoms with Crippen molar-refractivity contribution < 1.29 is 9.53 Å². The number of halogens is 1. The maximum atomic E-state index is 11.6. The minimum atomic E-state index is 0.553. The topological polar surface area (TPSA) is 30.7 Å². The van der Waals surface area contributed by atoms with Gasteiger partial charge in [0.2, 0.25) is 0 Å². The van der Waals surface area contributed by atoms with Gasteiger partial charge in [-0.25, -0.2) is 0 Å². The second-order valence-electron chi connectivity index (χ2n) is 5.09. The lowest BCUT2D eigenvalue weighted by Crippen LogP contribution is -1.97. The van der Waals surface area contributed by atoms with Gasteiger partial charge in [0.1, 0.15) is 5.75 Å². The molecule has 3 nitrogen and oxygen atoms in total. The molecule has 0 spiro atoms. The molecule has 0 atom stereocenters. The Balaban J connectivity index is 2.31. The number of rotatable bonds is 4. The summed E-state index contributed by atoms with van der Waals surface area (Å²) < 4.78 is 7.61. The predicted octanol–water partition coefficient (Wildman–Crippen LogP) is 4.78. The highest BCUT2D eigenvalue weighted by atomic mass is 35.5. The molecule has 1 aromatic carbocycles. The van der Waals surface area contributed by atoms with E-state index in [1.165, 1.54) is 0 Å². The molecule has 22 heavy (non-hydrogen) atoms. The van der Waals surface area contributed by atoms with Gasteiger partial charge >= 0.3 is 0 Å². The average molecular weight is 314 g/mol. The predicted molar refractivity (Wildman–Crippen MR) is 89.1 cm³/mol. The SMILES string of the molecule is CCOc1cc(C)c(Cl)cc1-c1cc2ccccn2c1C=O. The Labute approximate surface area is 134 Å². The summed E-state index contributed by atoms with van der Waals surface area (Å²) in [7, 11) is 0. The largest absolute Gasteiger partial charge is 0.493 e. The Morgan fingerprint density at radius 1 is 1.23 bits per heavy atom. The molecule has 0 fully saturated rings. The summed E-state index contributed by atoms with van der Waals surface area (Å²) in [4.78, 5) is 11.6. The van der Waals surface area contributed by atoms with E-state index < -0.39 is 0 Å². The third-order valence-corrected chi connectivity index (χ3v) is 4.09. The van der Waals surface area contributed by atoms with Crippen LogP contribution >= 0.6 is 11.6 Å². The lowest BCUT2D eigenvalue weighted by molar-refractivity contribution is 0.111. The molecule has 0 amide bonds. The minimum Gasteiger partial charge on any atom is -0.493 e. The molecule has 0 bridgehead atoms. The van der Waals surface area contributed by atoms with Crippen molar-refractivity contribution in [3.05, 3.63) is 58.9 Å². The van der Waals surface area contributed by atoms with Crippen LogP contribution in [0.3, 0.4) is 0 Å². The van der Waals surface area contributed by atoms with Crippen molar-refractivity contribution in [3.63, 3.8) is 0 Å². The molecule has 3 aromatic rings. The van der Waals surface area contributed by atoms with Crippen LogP contribution in [0.25, 0.3) is 16.6 Å². The zero-order valence-corrected chi connectivity index (χ0v) is 13.2. The van der Waals surface area contributed by atoms with E-state index in [1.54, 1.807) is 0 Å². The zero-order valence-electron chi connectivity index (χ0n) is 12.5. The maximum absolute atomic E-state index is 11.6. The van der Waals surface area contributed by atoms with Crippen LogP contribution in [0.5, 0.6) is 5.75 Å². The fourth-order valence-corrected chi connectivity index (χ4v) is 2.78. The maximum Gasteiger partial charge on any atom is 0.167 e. The van der Waals surface area contributed by atoms with Crippen LogP contribution in [-0.4, -0.2) is 17.3 Å². The zero-order chi connectivity index (χ0) is 15.7. The second kappa shape index (κ2) is 5.85. The summed E-state index contributed by atoms with van der Waals surface area (Å²) in [6.45, 7) is 4.42. The number of nitrogens with zero attached hydrogens (tertiary/aromatic N) is 1. The van der Waals surface area contributed by atoms with E-state index in [9.17, 15) is 4.79 Å². The lowest BCUT2D eigenvalue weighted by atomic mass is 10.0. The molecule has 2 aromatic heterocycles. The van der Waals surface area contributed by atoms with Crippen molar-refractivity contribution >= 4 is 23.4 Å². The van der Waals surface area contributed by atoms with E-state index >= 15 is 0 Å². The summed E-state index contributed by atoms with van der Waals surface area (Å²) in [5.74, 6) is 0.739. The summed E-state index contributed by atoms with van der Waals surface area (Å²) in [5, 5.41) is 0.658. The second-order valence-corrected chi connectivity index (χ2v) is 5.49. The van der Waals surface area contributed by atoms with Crippen LogP contribution < -0.4 is 4.74 Å². The molecule has 2 heterocycles. The quantitative estimate of drug-likeness (QED) is 0.649. The standard InChI is InChI=1S/C18H16ClNO2/c1-3-22-18-8-12(2)16(19)10-15(18)14-9-13-6-4-5-7-20(13)17(14)11-21/h4-11H,3H2,1-2H3. The van der Waals surface area contributed by atoms with Crippen molar-refractivity contribution in [1.29, 1.82) is 0 Å². The lowest BCUT2D eigenvalue weighted by Gasteiger charge is -2.12. The molecular weight excluding hydrogens is 298 g/mol. The van der Waals surface area contributed by atoms with Crippen LogP contribution in [0.1, 0.15) is 23.0 Å². The normalized spacial score (nSPS) is 10.9. The third-order valence-electron chi connectivity index (χ3n) is 3.68. The Hall–Kier alpha value is -2.26. The highest BCUT2D eigenvalue weighted by Crippen LogP contribution is 2.37. The number of aldehydes is 1. The number of pyridine rings is 1. The number of carbonyl (C=O) groups excluding carboxylic acids is 1. The molecule has 3 rings (SSSR count). The Morgan fingerprint density at radius 3 is 2.77 bits per heavy atom. The third kappa shape index (κ3) is 2.38. The fraction of sp³-hybridized carbons (Fsp3) is 0.167. The number of hydrogen-bond acceptors (Lipinski definition) is 2. The van der Waals surface area contributed by atoms with Crippen LogP contribution in [0.4, 0.5) is 0 Å². The van der Waals surface area contributed by atoms with Gasteiger partial charge in [-0.15, -0.1) is 0 Å². The van der Waals surface area contributed by atoms with E-state index in [0.29, 0.717) is 17.3 Å². The van der Waals surface area contributed by atoms with E-state index in [0.717, 1.165) is 34.2 Å². The summed E-state index contributed by atoms with van der Waals surface area (Å²) in [6, 6.07) is 11.6. The number of benzene rings is 1. The number of ether oxygens (including phenoxy) is 1. The van der Waals surface area contributed by atoms with Crippen molar-refractivity contribution in [3.8, 4) is 16.9 Å². The molecule has 4 heteroatoms. The first kappa shape index (κ1) is 14.7. The first-order valence-corrected chi connectivity index (χ1v) is 7.52. The molecule has 0 aliphatic heterocycles. The Morgan fingerprint density at radius 2 is 2.05 bits per heavy atom. The molecule has 0 aliphatic carbocycles. The van der Waals surface area contributed by atoms with Crippen LogP contribution in [0.15, 0.2) is 42.6 Å². The fourth-order valence-electron chi connectivity index (χ4n) is 2.62. The van der Waals surface area contributed by atoms with Gasteiger partial charge in [-0.05, 0) is 49.7 Å². The minimum absolute atomic E-state index is 0.553. The van der Waals surface area contributed by atoms with Crippen LogP contribution in [0, 0.1) is 6.92 Å². The first-order valence-electron chi connectivity index (χ1n) is 7.14. The van der Waals surface area contributed by atoms with Gasteiger partial charge in [-0.2, -0.15) is 0 Å². The number of carbonyl (C=O) groups is 1. The van der Waals surface area contributed by atoms with Gasteiger partial charge in [-0.3, -0.25) is 4.79 Å². The Kier molecular flexibility index (Phi) is 3.90. The number of aryl methyl sites for hydroxylation is 1. The molecule has 0 N–H and O–H groups in total. The number of aromatic nitrogens is 1. The van der Waals surface area contributed by atoms with Crippen molar-refractivity contribution in [2.24, 2.45) is 0 Å². The molecule has 0 aliphatic rings. The van der Waals surface area contributed by atoms with E-state index in [4.69, 9.17) is 16.3 Å². The highest BCUT2D eigenvalue weighted by molar-refractivity contribution is 6.31. The molecule has 0 radical (unpaired) electrons. The van der Waals surface area contributed by atoms with E-state index in [1.807, 2.05) is 60.8 Å². The molecule has 0 saturated heterocycles. The molecule has 112 valence electrons. The van der Waals surface area contributed by atoms with Gasteiger partial charge in [0.25, 0.3) is 0 Å². The smallest absolute Gasteiger partial charge is 0.167 e. The Bertz CT molecular complexity index is 852. The van der Waals surface area contributed by atoms with Gasteiger partial charge < -0.3 is 9.14 Å². The van der Waals surface area contributed by atoms with Gasteiger partial charge in [-0.1, -0.05) is 17.7 Å². The van der Waals surface area contributed by atoms with E-state index in [2.05, 4.69) is 0 Å². The van der Waals surface area contributed by atoms with Crippen molar-refractivity contribution in [1.82, 2.24) is 4.40 Å². The highest BCUT2D eigenvalue weighted by Gasteiger charge is 2.16. The molecular formula is C18H16ClNO2. The summed E-state index contributed by atoms with van der Waals surface area (Å²) in [6.07, 6.45) is 2.74. The van der Waals surface area contributed by atoms with Crippen LogP contribution in [0.2, 0.25) is 5.02 Å². The van der Waals surface area contributed by atoms with E-state index in [-0.39, 0.29) is 0 Å². The number of hydrogen-bond donors (Lipinski definition) is 0. The van der Waals surface area contributed by atoms with Gasteiger partial charge in [0, 0.05) is 27.9 Å². The van der Waals surface area contributed by atoms with Gasteiger partial charge in [0.15, 0.2) is 6.29 Å². The molecule has 0 unspecified atom stereocenters. The summed E-state index contributed by atoms with van der Waals surface area (Å²) >= 11 is 6.28. The van der Waals surface area contributed by atoms with Crippen molar-refractivity contribution in [2.75, 3.05) is 6.61 Å². The first-order chi connectivity index (χ1) is 10.7. The van der Waals surface area contributed by atoms with Crippen LogP contribution in [-0.2, 0) is 0 Å².